The van der Waals surface area contributed by atoms with Crippen molar-refractivity contribution in [1.82, 2.24) is 0 Å². The van der Waals surface area contributed by atoms with Gasteiger partial charge in [-0.2, -0.15) is 30.2 Å². The molecule has 0 bridgehead atoms. The number of alkyl halides is 3. The van der Waals surface area contributed by atoms with Gasteiger partial charge in [-0.1, -0.05) is 6.07 Å². The van der Waals surface area contributed by atoms with Crippen LogP contribution < -0.4 is 4.74 Å². The Balaban J connectivity index is 2.58. The van der Waals surface area contributed by atoms with Gasteiger partial charge in [-0.3, -0.25) is 0 Å². The second-order valence-corrected chi connectivity index (χ2v) is 4.75. The van der Waals surface area contributed by atoms with Gasteiger partial charge in [0.25, 0.3) is 0 Å². The molecular weight excluding hydrogens is 279 g/mol. The number of hydrogen-bond donors (Lipinski definition) is 1. The zero-order valence-corrected chi connectivity index (χ0v) is 10.9. The lowest BCUT2D eigenvalue weighted by molar-refractivity contribution is -0.195. The third kappa shape index (κ3) is 4.65. The van der Waals surface area contributed by atoms with Gasteiger partial charge < -0.3 is 9.84 Å². The van der Waals surface area contributed by atoms with Crippen molar-refractivity contribution in [1.29, 1.82) is 5.26 Å². The van der Waals surface area contributed by atoms with E-state index < -0.39 is 18.0 Å². The number of hydrogen-bond acceptors (Lipinski definition) is 4. The Morgan fingerprint density at radius 1 is 1.47 bits per heavy atom. The van der Waals surface area contributed by atoms with Crippen molar-refractivity contribution in [2.75, 3.05) is 12.9 Å². The van der Waals surface area contributed by atoms with E-state index in [2.05, 4.69) is 0 Å². The van der Waals surface area contributed by atoms with E-state index in [-0.39, 0.29) is 5.75 Å². The molecule has 0 amide bonds. The summed E-state index contributed by atoms with van der Waals surface area (Å²) in [6.07, 6.45) is -6.92. The molecule has 0 aliphatic heterocycles. The van der Waals surface area contributed by atoms with Crippen molar-refractivity contribution in [3.05, 3.63) is 29.3 Å². The molecule has 0 saturated carbocycles. The number of thioether (sulfide) groups is 1. The number of nitriles is 1. The van der Waals surface area contributed by atoms with Crippen molar-refractivity contribution in [2.45, 2.75) is 18.0 Å². The van der Waals surface area contributed by atoms with Crippen LogP contribution in [0.4, 0.5) is 13.2 Å². The number of halogens is 3. The lowest BCUT2D eigenvalue weighted by Crippen LogP contribution is -2.30. The first kappa shape index (κ1) is 15.7. The second kappa shape index (κ2) is 6.68. The average molecular weight is 291 g/mol. The van der Waals surface area contributed by atoms with Crippen LogP contribution in [0.25, 0.3) is 0 Å². The molecule has 7 heteroatoms. The van der Waals surface area contributed by atoms with E-state index >= 15 is 0 Å². The molecule has 0 fully saturated rings. The van der Waals surface area contributed by atoms with Crippen LogP contribution in [0.15, 0.2) is 18.2 Å². The van der Waals surface area contributed by atoms with E-state index in [1.165, 1.54) is 7.11 Å². The summed E-state index contributed by atoms with van der Waals surface area (Å²) in [5.41, 5.74) is 1.04. The highest BCUT2D eigenvalue weighted by Crippen LogP contribution is 2.26. The van der Waals surface area contributed by atoms with Crippen LogP contribution in [-0.4, -0.2) is 30.2 Å². The molecule has 1 N–H and O–H groups in total. The van der Waals surface area contributed by atoms with Crippen LogP contribution in [0.2, 0.25) is 0 Å². The highest BCUT2D eigenvalue weighted by molar-refractivity contribution is 7.98. The summed E-state index contributed by atoms with van der Waals surface area (Å²) in [7, 11) is 1.43. The number of rotatable bonds is 5. The SMILES string of the molecule is COc1ccc(CSC[C@@H](O)C(F)(F)F)cc1C#N. The summed E-state index contributed by atoms with van der Waals surface area (Å²) in [4.78, 5) is 0. The van der Waals surface area contributed by atoms with Gasteiger partial charge in [-0.05, 0) is 17.7 Å². The zero-order valence-electron chi connectivity index (χ0n) is 10.1. The van der Waals surface area contributed by atoms with Crippen LogP contribution >= 0.6 is 11.8 Å². The molecule has 0 aliphatic rings. The van der Waals surface area contributed by atoms with Gasteiger partial charge in [0.1, 0.15) is 11.8 Å². The normalized spacial score (nSPS) is 12.8. The molecule has 19 heavy (non-hydrogen) atoms. The van der Waals surface area contributed by atoms with Gasteiger partial charge in [0.15, 0.2) is 6.10 Å². The smallest absolute Gasteiger partial charge is 0.415 e. The van der Waals surface area contributed by atoms with Gasteiger partial charge in [0, 0.05) is 11.5 Å². The highest BCUT2D eigenvalue weighted by atomic mass is 32.2. The predicted molar refractivity (Wildman–Crippen MR) is 65.9 cm³/mol. The van der Waals surface area contributed by atoms with Gasteiger partial charge in [-0.25, -0.2) is 0 Å². The molecular formula is C12H12F3NO2S. The molecule has 0 aliphatic carbocycles. The summed E-state index contributed by atoms with van der Waals surface area (Å²) in [6, 6.07) is 6.77. The molecule has 0 saturated heterocycles. The van der Waals surface area contributed by atoms with Crippen molar-refractivity contribution in [3.63, 3.8) is 0 Å². The molecule has 3 nitrogen and oxygen atoms in total. The minimum atomic E-state index is -4.59. The molecule has 104 valence electrons. The zero-order chi connectivity index (χ0) is 14.5. The molecule has 0 radical (unpaired) electrons. The monoisotopic (exact) mass is 291 g/mol. The molecule has 1 aromatic carbocycles. The topological polar surface area (TPSA) is 53.2 Å². The lowest BCUT2D eigenvalue weighted by atomic mass is 10.1. The van der Waals surface area contributed by atoms with Crippen molar-refractivity contribution in [2.24, 2.45) is 0 Å². The van der Waals surface area contributed by atoms with Crippen molar-refractivity contribution < 1.29 is 23.0 Å². The van der Waals surface area contributed by atoms with E-state index in [0.717, 1.165) is 11.8 Å². The molecule has 1 atom stereocenters. The Labute approximate surface area is 113 Å². The van der Waals surface area contributed by atoms with Gasteiger partial charge >= 0.3 is 6.18 Å². The Morgan fingerprint density at radius 3 is 2.68 bits per heavy atom. The second-order valence-electron chi connectivity index (χ2n) is 3.72. The lowest BCUT2D eigenvalue weighted by Gasteiger charge is -2.13. The van der Waals surface area contributed by atoms with Gasteiger partial charge in [0.05, 0.1) is 12.7 Å². The Hall–Kier alpha value is -1.39. The van der Waals surface area contributed by atoms with E-state index in [0.29, 0.717) is 16.9 Å². The Bertz CT molecular complexity index is 471. The first-order chi connectivity index (χ1) is 8.88. The number of methoxy groups -OCH3 is 1. The summed E-state index contributed by atoms with van der Waals surface area (Å²) in [5.74, 6) is 0.273. The number of aliphatic hydroxyl groups excluding tert-OH is 1. The fraction of sp³-hybridized carbons (Fsp3) is 0.417. The maximum atomic E-state index is 12.1. The quantitative estimate of drug-likeness (QED) is 0.906. The largest absolute Gasteiger partial charge is 0.495 e. The van der Waals surface area contributed by atoms with E-state index in [1.54, 1.807) is 18.2 Å². The molecule has 0 unspecified atom stereocenters. The van der Waals surface area contributed by atoms with Crippen LogP contribution in [-0.2, 0) is 5.75 Å². The standard InChI is InChI=1S/C12H12F3NO2S/c1-18-10-3-2-8(4-9(10)5-16)6-19-7-11(17)12(13,14)15/h2-4,11,17H,6-7H2,1H3/t11-/m1/s1. The van der Waals surface area contributed by atoms with Crippen LogP contribution in [0.3, 0.4) is 0 Å². The summed E-state index contributed by atoms with van der Waals surface area (Å²) in [5, 5.41) is 17.7. The minimum Gasteiger partial charge on any atom is -0.495 e. The fourth-order valence-electron chi connectivity index (χ4n) is 1.32. The molecule has 0 aromatic heterocycles. The first-order valence-corrected chi connectivity index (χ1v) is 6.43. The molecule has 1 rings (SSSR count). The summed E-state index contributed by atoms with van der Waals surface area (Å²) in [6.45, 7) is 0. The van der Waals surface area contributed by atoms with Crippen LogP contribution in [0.5, 0.6) is 5.75 Å². The minimum absolute atomic E-state index is 0.284. The van der Waals surface area contributed by atoms with E-state index in [1.807, 2.05) is 6.07 Å². The third-order valence-corrected chi connectivity index (χ3v) is 3.40. The van der Waals surface area contributed by atoms with Crippen molar-refractivity contribution >= 4 is 11.8 Å². The first-order valence-electron chi connectivity index (χ1n) is 5.28. The maximum absolute atomic E-state index is 12.1. The number of nitrogens with zero attached hydrogens (tertiary/aromatic N) is 1. The fourth-order valence-corrected chi connectivity index (χ4v) is 2.26. The number of ether oxygens (including phenoxy) is 1. The molecule has 0 heterocycles. The van der Waals surface area contributed by atoms with Crippen LogP contribution in [0.1, 0.15) is 11.1 Å². The maximum Gasteiger partial charge on any atom is 0.415 e. The van der Waals surface area contributed by atoms with E-state index in [9.17, 15) is 13.2 Å². The Morgan fingerprint density at radius 2 is 2.16 bits per heavy atom. The number of benzene rings is 1. The van der Waals surface area contributed by atoms with Gasteiger partial charge in [0.2, 0.25) is 0 Å². The summed E-state index contributed by atoms with van der Waals surface area (Å²) < 4.78 is 41.2. The van der Waals surface area contributed by atoms with Crippen LogP contribution in [0, 0.1) is 11.3 Å². The third-order valence-electron chi connectivity index (χ3n) is 2.31. The highest BCUT2D eigenvalue weighted by Gasteiger charge is 2.37. The number of aliphatic hydroxyl groups is 1. The summed E-state index contributed by atoms with van der Waals surface area (Å²) >= 11 is 0.954. The molecule has 1 aromatic rings. The average Bonchev–Trinajstić information content (AvgIpc) is 2.37. The predicted octanol–water partition coefficient (Wildman–Crippen LogP) is 2.72. The van der Waals surface area contributed by atoms with Gasteiger partial charge in [-0.15, -0.1) is 0 Å². The Kier molecular flexibility index (Phi) is 5.51. The van der Waals surface area contributed by atoms with E-state index in [4.69, 9.17) is 15.1 Å². The van der Waals surface area contributed by atoms with Crippen molar-refractivity contribution in [3.8, 4) is 11.8 Å². The molecule has 0 spiro atoms.